The molecule has 0 fully saturated rings. The average molecular weight is 154 g/mol. The third kappa shape index (κ3) is 7.83. The third-order valence-electron chi connectivity index (χ3n) is 0.702. The lowest BCUT2D eigenvalue weighted by molar-refractivity contribution is 0.364. The molecule has 0 saturated heterocycles. The van der Waals surface area contributed by atoms with Crippen molar-refractivity contribution < 1.29 is 13.0 Å². The van der Waals surface area contributed by atoms with Gasteiger partial charge in [0, 0.05) is 13.6 Å². The van der Waals surface area contributed by atoms with Gasteiger partial charge in [0.15, 0.2) is 0 Å². The molecule has 0 unspecified atom stereocenters. The van der Waals surface area contributed by atoms with Gasteiger partial charge in [-0.25, -0.2) is 5.01 Å². The summed E-state index contributed by atoms with van der Waals surface area (Å²) in [7, 11) is -2.32. The van der Waals surface area contributed by atoms with Crippen LogP contribution in [0.25, 0.3) is 0 Å². The summed E-state index contributed by atoms with van der Waals surface area (Å²) in [5.74, 6) is 4.74. The highest BCUT2D eigenvalue weighted by atomic mass is 32.2. The molecule has 3 N–H and O–H groups in total. The molecule has 5 nitrogen and oxygen atoms in total. The Bertz CT molecular complexity index is 162. The van der Waals surface area contributed by atoms with E-state index in [9.17, 15) is 8.42 Å². The van der Waals surface area contributed by atoms with Crippen molar-refractivity contribution in [2.24, 2.45) is 5.84 Å². The molecule has 0 heterocycles. The van der Waals surface area contributed by atoms with Gasteiger partial charge in [0.1, 0.15) is 0 Å². The second kappa shape index (κ2) is 3.11. The van der Waals surface area contributed by atoms with Gasteiger partial charge in [-0.3, -0.25) is 10.4 Å². The van der Waals surface area contributed by atoms with Gasteiger partial charge in [-0.2, -0.15) is 8.42 Å². The lowest BCUT2D eigenvalue weighted by Crippen LogP contribution is -2.31. The molecule has 0 aromatic heterocycles. The summed E-state index contributed by atoms with van der Waals surface area (Å²) in [6, 6.07) is 0. The summed E-state index contributed by atoms with van der Waals surface area (Å²) in [6.07, 6.45) is 0. The van der Waals surface area contributed by atoms with E-state index in [0.717, 1.165) is 0 Å². The number of hydrogen-bond donors (Lipinski definition) is 2. The molecule has 9 heavy (non-hydrogen) atoms. The van der Waals surface area contributed by atoms with Crippen molar-refractivity contribution in [3.8, 4) is 0 Å². The minimum atomic E-state index is -3.84. The van der Waals surface area contributed by atoms with Crippen molar-refractivity contribution in [1.29, 1.82) is 0 Å². The Hall–Kier alpha value is -0.170. The summed E-state index contributed by atoms with van der Waals surface area (Å²) in [6.45, 7) is 0.138. The quantitative estimate of drug-likeness (QED) is 0.299. The van der Waals surface area contributed by atoms with E-state index >= 15 is 0 Å². The molecule has 0 spiro atoms. The summed E-state index contributed by atoms with van der Waals surface area (Å²) in [5.41, 5.74) is 0. The molecule has 0 bridgehead atoms. The molecule has 6 heteroatoms. The van der Waals surface area contributed by atoms with Crippen LogP contribution >= 0.6 is 0 Å². The summed E-state index contributed by atoms with van der Waals surface area (Å²) < 4.78 is 28.2. The van der Waals surface area contributed by atoms with Crippen LogP contribution in [-0.2, 0) is 10.1 Å². The molecular formula is C3H10N2O3S. The largest absolute Gasteiger partial charge is 0.286 e. The van der Waals surface area contributed by atoms with Crippen LogP contribution in [0.5, 0.6) is 0 Å². The zero-order valence-corrected chi connectivity index (χ0v) is 5.93. The van der Waals surface area contributed by atoms with Gasteiger partial charge in [-0.1, -0.05) is 0 Å². The second-order valence-electron chi connectivity index (χ2n) is 1.77. The summed E-state index contributed by atoms with van der Waals surface area (Å²) in [5, 5.41) is 1.19. The Labute approximate surface area is 54.2 Å². The van der Waals surface area contributed by atoms with Crippen LogP contribution in [0.1, 0.15) is 0 Å². The van der Waals surface area contributed by atoms with Crippen molar-refractivity contribution in [2.75, 3.05) is 19.3 Å². The van der Waals surface area contributed by atoms with Crippen molar-refractivity contribution >= 4 is 10.1 Å². The number of nitrogens with zero attached hydrogens (tertiary/aromatic N) is 1. The number of rotatable bonds is 3. The van der Waals surface area contributed by atoms with E-state index in [4.69, 9.17) is 10.4 Å². The molecule has 0 atom stereocenters. The molecule has 0 radical (unpaired) electrons. The maximum absolute atomic E-state index is 10.0. The van der Waals surface area contributed by atoms with Crippen molar-refractivity contribution in [3.63, 3.8) is 0 Å². The summed E-state index contributed by atoms with van der Waals surface area (Å²) >= 11 is 0. The molecular weight excluding hydrogens is 144 g/mol. The average Bonchev–Trinajstić information content (AvgIpc) is 1.59. The van der Waals surface area contributed by atoms with Crippen molar-refractivity contribution in [3.05, 3.63) is 0 Å². The van der Waals surface area contributed by atoms with E-state index in [1.807, 2.05) is 0 Å². The Balaban J connectivity index is 3.53. The van der Waals surface area contributed by atoms with Crippen LogP contribution < -0.4 is 5.84 Å². The molecule has 0 rings (SSSR count). The second-order valence-corrected chi connectivity index (χ2v) is 3.34. The lowest BCUT2D eigenvalue weighted by atomic mass is 10.7. The number of hydrazine groups is 1. The first kappa shape index (κ1) is 8.83. The van der Waals surface area contributed by atoms with E-state index in [-0.39, 0.29) is 12.3 Å². The fraction of sp³-hybridized carbons (Fsp3) is 1.00. The normalized spacial score (nSPS) is 12.4. The Morgan fingerprint density at radius 3 is 2.22 bits per heavy atom. The molecule has 0 aromatic carbocycles. The highest BCUT2D eigenvalue weighted by Gasteiger charge is 2.03. The maximum Gasteiger partial charge on any atom is 0.266 e. The Kier molecular flexibility index (Phi) is 3.06. The zero-order chi connectivity index (χ0) is 7.49. The standard InChI is InChI=1S/C3H10N2O3S/c1-5(4)2-3-9(6,7)8/h2-4H2,1H3,(H,6,7,8). The lowest BCUT2D eigenvalue weighted by Gasteiger charge is -2.05. The fourth-order valence-electron chi connectivity index (χ4n) is 0.259. The van der Waals surface area contributed by atoms with E-state index in [1.54, 1.807) is 0 Å². The van der Waals surface area contributed by atoms with E-state index in [2.05, 4.69) is 0 Å². The zero-order valence-electron chi connectivity index (χ0n) is 5.11. The van der Waals surface area contributed by atoms with E-state index in [0.29, 0.717) is 0 Å². The molecule has 0 aliphatic carbocycles. The topological polar surface area (TPSA) is 83.6 Å². The number of hydrogen-bond acceptors (Lipinski definition) is 4. The highest BCUT2D eigenvalue weighted by Crippen LogP contribution is 1.80. The third-order valence-corrected chi connectivity index (χ3v) is 1.40. The number of nitrogens with two attached hydrogens (primary N) is 1. The van der Waals surface area contributed by atoms with Crippen LogP contribution in [0.2, 0.25) is 0 Å². The van der Waals surface area contributed by atoms with Crippen LogP contribution in [0.3, 0.4) is 0 Å². The van der Waals surface area contributed by atoms with Crippen LogP contribution in [0, 0.1) is 0 Å². The molecule has 0 aromatic rings. The van der Waals surface area contributed by atoms with Crippen LogP contribution in [0.15, 0.2) is 0 Å². The first-order chi connectivity index (χ1) is 3.92. The smallest absolute Gasteiger partial charge is 0.266 e. The van der Waals surface area contributed by atoms with Crippen LogP contribution in [-0.4, -0.2) is 37.3 Å². The molecule has 0 saturated carbocycles. The fourth-order valence-corrected chi connectivity index (χ4v) is 0.778. The van der Waals surface area contributed by atoms with E-state index in [1.165, 1.54) is 12.1 Å². The minimum absolute atomic E-state index is 0.138. The summed E-state index contributed by atoms with van der Waals surface area (Å²) in [4.78, 5) is 0. The predicted octanol–water partition coefficient (Wildman–Crippen LogP) is -1.32. The first-order valence-electron chi connectivity index (χ1n) is 2.33. The van der Waals surface area contributed by atoms with E-state index < -0.39 is 10.1 Å². The van der Waals surface area contributed by atoms with Crippen molar-refractivity contribution in [2.45, 2.75) is 0 Å². The van der Waals surface area contributed by atoms with Gasteiger partial charge < -0.3 is 0 Å². The maximum atomic E-state index is 10.0. The Morgan fingerprint density at radius 2 is 2.11 bits per heavy atom. The van der Waals surface area contributed by atoms with Crippen LogP contribution in [0.4, 0.5) is 0 Å². The van der Waals surface area contributed by atoms with Gasteiger partial charge in [-0.15, -0.1) is 0 Å². The minimum Gasteiger partial charge on any atom is -0.286 e. The van der Waals surface area contributed by atoms with Gasteiger partial charge in [0.25, 0.3) is 10.1 Å². The highest BCUT2D eigenvalue weighted by molar-refractivity contribution is 7.85. The van der Waals surface area contributed by atoms with Gasteiger partial charge >= 0.3 is 0 Å². The SMILES string of the molecule is CN(N)CCS(=O)(=O)O. The van der Waals surface area contributed by atoms with Crippen molar-refractivity contribution in [1.82, 2.24) is 5.01 Å². The molecule has 0 amide bonds. The Morgan fingerprint density at radius 1 is 1.67 bits per heavy atom. The van der Waals surface area contributed by atoms with Gasteiger partial charge in [0.05, 0.1) is 5.75 Å². The van der Waals surface area contributed by atoms with Gasteiger partial charge in [0.2, 0.25) is 0 Å². The molecule has 56 valence electrons. The van der Waals surface area contributed by atoms with Gasteiger partial charge in [-0.05, 0) is 0 Å². The molecule has 0 aliphatic rings. The monoisotopic (exact) mass is 154 g/mol. The molecule has 0 aliphatic heterocycles. The predicted molar refractivity (Wildman–Crippen MR) is 33.2 cm³/mol. The first-order valence-corrected chi connectivity index (χ1v) is 3.94.